The molecule has 0 N–H and O–H groups in total. The van der Waals surface area contributed by atoms with Gasteiger partial charge in [-0.3, -0.25) is 9.78 Å². The number of aromatic nitrogens is 3. The summed E-state index contributed by atoms with van der Waals surface area (Å²) < 4.78 is 1.70. The van der Waals surface area contributed by atoms with Gasteiger partial charge in [0.2, 0.25) is 0 Å². The van der Waals surface area contributed by atoms with Crippen molar-refractivity contribution < 1.29 is 4.79 Å². The summed E-state index contributed by atoms with van der Waals surface area (Å²) in [5.41, 5.74) is 2.91. The minimum absolute atomic E-state index is 0.596. The van der Waals surface area contributed by atoms with E-state index in [0.29, 0.717) is 11.3 Å². The van der Waals surface area contributed by atoms with E-state index in [9.17, 15) is 4.79 Å². The first-order valence-electron chi connectivity index (χ1n) is 5.23. The van der Waals surface area contributed by atoms with E-state index in [0.717, 1.165) is 17.4 Å². The Morgan fingerprint density at radius 2 is 2.12 bits per heavy atom. The molecule has 0 aliphatic rings. The number of fused-ring (bicyclic) bond motifs is 1. The number of hydrogen-bond acceptors (Lipinski definition) is 3. The monoisotopic (exact) mass is 223 g/mol. The van der Waals surface area contributed by atoms with Crippen molar-refractivity contribution >= 4 is 11.8 Å². The molecule has 82 valence electrons. The van der Waals surface area contributed by atoms with E-state index < -0.39 is 0 Å². The Morgan fingerprint density at radius 1 is 1.18 bits per heavy atom. The summed E-state index contributed by atoms with van der Waals surface area (Å²) in [4.78, 5) is 15.2. The third kappa shape index (κ3) is 1.50. The molecule has 3 heterocycles. The number of aldehydes is 1. The van der Waals surface area contributed by atoms with Crippen molar-refractivity contribution in [1.82, 2.24) is 14.6 Å². The lowest BCUT2D eigenvalue weighted by Gasteiger charge is -1.94. The van der Waals surface area contributed by atoms with Crippen molar-refractivity contribution in [2.24, 2.45) is 0 Å². The largest absolute Gasteiger partial charge is 0.298 e. The lowest BCUT2D eigenvalue weighted by atomic mass is 10.1. The molecule has 0 saturated heterocycles. The summed E-state index contributed by atoms with van der Waals surface area (Å²) in [7, 11) is 0. The van der Waals surface area contributed by atoms with Crippen LogP contribution in [0.3, 0.4) is 0 Å². The minimum atomic E-state index is 0.596. The average molecular weight is 223 g/mol. The lowest BCUT2D eigenvalue weighted by Crippen LogP contribution is -1.85. The van der Waals surface area contributed by atoms with Gasteiger partial charge in [-0.1, -0.05) is 6.07 Å². The molecule has 0 bridgehead atoms. The number of carbonyl (C=O) groups excluding carboxylic acids is 1. The fourth-order valence-electron chi connectivity index (χ4n) is 1.85. The minimum Gasteiger partial charge on any atom is -0.298 e. The first kappa shape index (κ1) is 9.72. The number of carbonyl (C=O) groups is 1. The Bertz CT molecular complexity index is 673. The molecule has 4 nitrogen and oxygen atoms in total. The number of pyridine rings is 2. The molecule has 0 atom stereocenters. The Labute approximate surface area is 97.5 Å². The molecule has 0 aliphatic heterocycles. The van der Waals surface area contributed by atoms with Crippen molar-refractivity contribution in [3.63, 3.8) is 0 Å². The van der Waals surface area contributed by atoms with Crippen molar-refractivity contribution in [3.05, 3.63) is 54.5 Å². The molecule has 3 rings (SSSR count). The Balaban J connectivity index is 2.33. The molecule has 0 fully saturated rings. The third-order valence-electron chi connectivity index (χ3n) is 2.63. The van der Waals surface area contributed by atoms with Gasteiger partial charge >= 0.3 is 0 Å². The van der Waals surface area contributed by atoms with E-state index in [1.165, 1.54) is 0 Å². The molecule has 0 aromatic carbocycles. The maximum atomic E-state index is 11.2. The van der Waals surface area contributed by atoms with Crippen LogP contribution < -0.4 is 0 Å². The first-order chi connectivity index (χ1) is 8.40. The maximum Gasteiger partial charge on any atom is 0.154 e. The zero-order chi connectivity index (χ0) is 11.7. The molecular weight excluding hydrogens is 214 g/mol. The second kappa shape index (κ2) is 3.83. The second-order valence-corrected chi connectivity index (χ2v) is 3.65. The van der Waals surface area contributed by atoms with E-state index in [1.807, 2.05) is 36.5 Å². The van der Waals surface area contributed by atoms with Gasteiger partial charge in [-0.15, -0.1) is 0 Å². The smallest absolute Gasteiger partial charge is 0.154 e. The van der Waals surface area contributed by atoms with Crippen LogP contribution in [0.5, 0.6) is 0 Å². The van der Waals surface area contributed by atoms with E-state index in [2.05, 4.69) is 10.1 Å². The molecule has 0 unspecified atom stereocenters. The van der Waals surface area contributed by atoms with Crippen molar-refractivity contribution in [1.29, 1.82) is 0 Å². The standard InChI is InChI=1S/C13H9N3O/c17-9-11-12-5-1-2-7-16(12)15-13(11)10-4-3-6-14-8-10/h1-9H. The van der Waals surface area contributed by atoms with Gasteiger partial charge in [0.15, 0.2) is 6.29 Å². The second-order valence-electron chi connectivity index (χ2n) is 3.65. The van der Waals surface area contributed by atoms with E-state index in [-0.39, 0.29) is 0 Å². The average Bonchev–Trinajstić information content (AvgIpc) is 2.78. The fourth-order valence-corrected chi connectivity index (χ4v) is 1.85. The van der Waals surface area contributed by atoms with Gasteiger partial charge in [0, 0.05) is 24.2 Å². The normalized spacial score (nSPS) is 10.6. The van der Waals surface area contributed by atoms with Crippen LogP contribution in [-0.4, -0.2) is 20.9 Å². The van der Waals surface area contributed by atoms with E-state index in [4.69, 9.17) is 0 Å². The van der Waals surface area contributed by atoms with Gasteiger partial charge in [0.1, 0.15) is 5.69 Å². The predicted molar refractivity (Wildman–Crippen MR) is 63.8 cm³/mol. The van der Waals surface area contributed by atoms with Crippen LogP contribution in [0.15, 0.2) is 48.9 Å². The highest BCUT2D eigenvalue weighted by Crippen LogP contribution is 2.23. The summed E-state index contributed by atoms with van der Waals surface area (Å²) in [5.74, 6) is 0. The number of hydrogen-bond donors (Lipinski definition) is 0. The summed E-state index contributed by atoms with van der Waals surface area (Å²) in [6.07, 6.45) is 6.06. The van der Waals surface area contributed by atoms with Crippen LogP contribution in [0.1, 0.15) is 10.4 Å². The highest BCUT2D eigenvalue weighted by Gasteiger charge is 2.12. The number of rotatable bonds is 2. The number of nitrogens with zero attached hydrogens (tertiary/aromatic N) is 3. The molecule has 0 saturated carbocycles. The van der Waals surface area contributed by atoms with Gasteiger partial charge < -0.3 is 0 Å². The van der Waals surface area contributed by atoms with Crippen molar-refractivity contribution in [2.45, 2.75) is 0 Å². The Hall–Kier alpha value is -2.49. The van der Waals surface area contributed by atoms with Crippen LogP contribution in [0.25, 0.3) is 16.8 Å². The Morgan fingerprint density at radius 3 is 2.88 bits per heavy atom. The highest BCUT2D eigenvalue weighted by molar-refractivity contribution is 5.94. The van der Waals surface area contributed by atoms with Crippen LogP contribution in [0, 0.1) is 0 Å². The van der Waals surface area contributed by atoms with Crippen LogP contribution in [0.4, 0.5) is 0 Å². The van der Waals surface area contributed by atoms with Crippen LogP contribution >= 0.6 is 0 Å². The SMILES string of the molecule is O=Cc1c(-c2cccnc2)nn2ccccc12. The van der Waals surface area contributed by atoms with Gasteiger partial charge in [0.25, 0.3) is 0 Å². The molecule has 0 spiro atoms. The molecule has 0 aliphatic carbocycles. The van der Waals surface area contributed by atoms with E-state index in [1.54, 1.807) is 16.9 Å². The lowest BCUT2D eigenvalue weighted by molar-refractivity contribution is 0.112. The topological polar surface area (TPSA) is 47.3 Å². The first-order valence-corrected chi connectivity index (χ1v) is 5.23. The molecule has 4 heteroatoms. The van der Waals surface area contributed by atoms with Gasteiger partial charge in [0.05, 0.1) is 11.1 Å². The molecule has 0 radical (unpaired) electrons. The molecule has 3 aromatic heterocycles. The zero-order valence-electron chi connectivity index (χ0n) is 8.95. The van der Waals surface area contributed by atoms with Crippen molar-refractivity contribution in [3.8, 4) is 11.3 Å². The summed E-state index contributed by atoms with van der Waals surface area (Å²) >= 11 is 0. The van der Waals surface area contributed by atoms with Gasteiger partial charge in [-0.2, -0.15) is 5.10 Å². The maximum absolute atomic E-state index is 11.2. The quantitative estimate of drug-likeness (QED) is 0.626. The van der Waals surface area contributed by atoms with Gasteiger partial charge in [-0.25, -0.2) is 4.52 Å². The Kier molecular flexibility index (Phi) is 2.19. The van der Waals surface area contributed by atoms with Crippen LogP contribution in [0.2, 0.25) is 0 Å². The highest BCUT2D eigenvalue weighted by atomic mass is 16.1. The predicted octanol–water partition coefficient (Wildman–Crippen LogP) is 2.21. The van der Waals surface area contributed by atoms with Gasteiger partial charge in [-0.05, 0) is 24.3 Å². The van der Waals surface area contributed by atoms with Crippen LogP contribution in [-0.2, 0) is 0 Å². The summed E-state index contributed by atoms with van der Waals surface area (Å²) in [6, 6.07) is 9.35. The molecule has 0 amide bonds. The molecular formula is C13H9N3O. The molecule has 17 heavy (non-hydrogen) atoms. The zero-order valence-corrected chi connectivity index (χ0v) is 8.95. The van der Waals surface area contributed by atoms with E-state index >= 15 is 0 Å². The summed E-state index contributed by atoms with van der Waals surface area (Å²) in [5, 5.41) is 4.40. The fraction of sp³-hybridized carbons (Fsp3) is 0. The summed E-state index contributed by atoms with van der Waals surface area (Å²) in [6.45, 7) is 0. The third-order valence-corrected chi connectivity index (χ3v) is 2.63. The molecule has 3 aromatic rings. The van der Waals surface area contributed by atoms with Crippen molar-refractivity contribution in [2.75, 3.05) is 0 Å².